The summed E-state index contributed by atoms with van der Waals surface area (Å²) in [6.45, 7) is 2.37. The molecule has 0 spiro atoms. The maximum absolute atomic E-state index is 11.8. The van der Waals surface area contributed by atoms with Crippen LogP contribution >= 0.6 is 22.9 Å². The number of hydrogen-bond donors (Lipinski definition) is 1. The predicted octanol–water partition coefficient (Wildman–Crippen LogP) is 3.18. The number of benzene rings is 1. The molecule has 22 heavy (non-hydrogen) atoms. The number of nitrogens with one attached hydrogen (secondary N) is 1. The molecule has 0 saturated heterocycles. The lowest BCUT2D eigenvalue weighted by Gasteiger charge is -2.05. The SMILES string of the molecule is Cc1nc(NCCC=O)sc1-c1ccc(Cl)c(S(C)(=O)=O)c1. The summed E-state index contributed by atoms with van der Waals surface area (Å²) >= 11 is 7.37. The molecule has 2 rings (SSSR count). The Labute approximate surface area is 138 Å². The zero-order valence-corrected chi connectivity index (χ0v) is 14.5. The van der Waals surface area contributed by atoms with Crippen LogP contribution < -0.4 is 5.32 Å². The highest BCUT2D eigenvalue weighted by molar-refractivity contribution is 7.90. The Morgan fingerprint density at radius 2 is 2.14 bits per heavy atom. The number of halogens is 1. The number of hydrogen-bond acceptors (Lipinski definition) is 6. The number of aldehydes is 1. The Bertz CT molecular complexity index is 800. The van der Waals surface area contributed by atoms with Gasteiger partial charge in [0.2, 0.25) is 0 Å². The van der Waals surface area contributed by atoms with Gasteiger partial charge in [-0.1, -0.05) is 29.0 Å². The number of aryl methyl sites for hydroxylation is 1. The molecule has 118 valence electrons. The second-order valence-electron chi connectivity index (χ2n) is 4.73. The highest BCUT2D eigenvalue weighted by Gasteiger charge is 2.16. The number of anilines is 1. The maximum Gasteiger partial charge on any atom is 0.183 e. The van der Waals surface area contributed by atoms with E-state index in [1.54, 1.807) is 18.2 Å². The number of sulfone groups is 1. The summed E-state index contributed by atoms with van der Waals surface area (Å²) in [5, 5.41) is 3.97. The van der Waals surface area contributed by atoms with Gasteiger partial charge in [-0.25, -0.2) is 13.4 Å². The smallest absolute Gasteiger partial charge is 0.183 e. The van der Waals surface area contributed by atoms with Crippen LogP contribution in [0.25, 0.3) is 10.4 Å². The molecule has 5 nitrogen and oxygen atoms in total. The third kappa shape index (κ3) is 3.85. The van der Waals surface area contributed by atoms with Gasteiger partial charge in [-0.05, 0) is 24.6 Å². The number of rotatable bonds is 6. The summed E-state index contributed by atoms with van der Waals surface area (Å²) < 4.78 is 23.5. The molecular weight excluding hydrogens is 344 g/mol. The van der Waals surface area contributed by atoms with E-state index in [2.05, 4.69) is 10.3 Å². The second kappa shape index (κ2) is 6.76. The van der Waals surface area contributed by atoms with Crippen molar-refractivity contribution < 1.29 is 13.2 Å². The number of thiazole rings is 1. The van der Waals surface area contributed by atoms with E-state index in [0.29, 0.717) is 18.1 Å². The molecule has 0 aliphatic carbocycles. The summed E-state index contributed by atoms with van der Waals surface area (Å²) in [6.07, 6.45) is 2.38. The summed E-state index contributed by atoms with van der Waals surface area (Å²) in [7, 11) is -3.39. The van der Waals surface area contributed by atoms with Gasteiger partial charge >= 0.3 is 0 Å². The minimum Gasteiger partial charge on any atom is -0.361 e. The quantitative estimate of drug-likeness (QED) is 0.634. The largest absolute Gasteiger partial charge is 0.361 e. The Morgan fingerprint density at radius 1 is 1.41 bits per heavy atom. The monoisotopic (exact) mass is 358 g/mol. The fraction of sp³-hybridized carbons (Fsp3) is 0.286. The zero-order valence-electron chi connectivity index (χ0n) is 12.1. The fourth-order valence-corrected chi connectivity index (χ4v) is 4.20. The zero-order chi connectivity index (χ0) is 16.3. The van der Waals surface area contributed by atoms with Crippen LogP contribution in [0.2, 0.25) is 5.02 Å². The van der Waals surface area contributed by atoms with Gasteiger partial charge in [0.1, 0.15) is 6.29 Å². The Kier molecular flexibility index (Phi) is 5.20. The second-order valence-corrected chi connectivity index (χ2v) is 8.12. The van der Waals surface area contributed by atoms with Crippen LogP contribution in [0.4, 0.5) is 5.13 Å². The van der Waals surface area contributed by atoms with Crippen LogP contribution in [-0.2, 0) is 14.6 Å². The number of nitrogens with zero attached hydrogens (tertiary/aromatic N) is 1. The fourth-order valence-electron chi connectivity index (χ4n) is 1.91. The molecule has 0 atom stereocenters. The van der Waals surface area contributed by atoms with E-state index in [1.165, 1.54) is 11.3 Å². The highest BCUT2D eigenvalue weighted by Crippen LogP contribution is 2.35. The van der Waals surface area contributed by atoms with E-state index in [9.17, 15) is 13.2 Å². The number of aromatic nitrogens is 1. The van der Waals surface area contributed by atoms with Gasteiger partial charge in [-0.3, -0.25) is 0 Å². The lowest BCUT2D eigenvalue weighted by Crippen LogP contribution is -2.00. The summed E-state index contributed by atoms with van der Waals surface area (Å²) in [6, 6.07) is 4.91. The molecule has 1 aromatic carbocycles. The lowest BCUT2D eigenvalue weighted by molar-refractivity contribution is -0.107. The van der Waals surface area contributed by atoms with Crippen LogP contribution in [-0.4, -0.2) is 32.5 Å². The van der Waals surface area contributed by atoms with Crippen molar-refractivity contribution in [1.82, 2.24) is 4.98 Å². The first-order valence-electron chi connectivity index (χ1n) is 6.48. The molecule has 0 bridgehead atoms. The van der Waals surface area contributed by atoms with Crippen LogP contribution in [0.5, 0.6) is 0 Å². The van der Waals surface area contributed by atoms with E-state index in [4.69, 9.17) is 11.6 Å². The van der Waals surface area contributed by atoms with Gasteiger partial charge in [0, 0.05) is 19.2 Å². The minimum atomic E-state index is -3.39. The molecule has 0 amide bonds. The molecule has 1 aromatic heterocycles. The summed E-state index contributed by atoms with van der Waals surface area (Å²) in [5.74, 6) is 0. The van der Waals surface area contributed by atoms with Crippen molar-refractivity contribution in [3.05, 3.63) is 28.9 Å². The first kappa shape index (κ1) is 16.9. The van der Waals surface area contributed by atoms with Gasteiger partial charge in [-0.2, -0.15) is 0 Å². The molecule has 1 N–H and O–H groups in total. The Hall–Kier alpha value is -1.44. The van der Waals surface area contributed by atoms with Gasteiger partial charge in [0.15, 0.2) is 15.0 Å². The minimum absolute atomic E-state index is 0.106. The van der Waals surface area contributed by atoms with Gasteiger partial charge in [0.25, 0.3) is 0 Å². The van der Waals surface area contributed by atoms with Gasteiger partial charge in [-0.15, -0.1) is 0 Å². The predicted molar refractivity (Wildman–Crippen MR) is 89.6 cm³/mol. The number of carbonyl (C=O) groups excluding carboxylic acids is 1. The van der Waals surface area contributed by atoms with Crippen LogP contribution in [0, 0.1) is 6.92 Å². The van der Waals surface area contributed by atoms with Crippen molar-refractivity contribution in [2.75, 3.05) is 18.1 Å². The van der Waals surface area contributed by atoms with Crippen LogP contribution in [0.15, 0.2) is 23.1 Å². The molecule has 0 saturated carbocycles. The third-order valence-corrected chi connectivity index (χ3v) is 5.67. The van der Waals surface area contributed by atoms with Crippen molar-refractivity contribution in [2.24, 2.45) is 0 Å². The van der Waals surface area contributed by atoms with Crippen molar-refractivity contribution in [2.45, 2.75) is 18.2 Å². The van der Waals surface area contributed by atoms with Gasteiger partial charge in [0.05, 0.1) is 20.5 Å². The van der Waals surface area contributed by atoms with Crippen molar-refractivity contribution in [3.63, 3.8) is 0 Å². The molecule has 0 fully saturated rings. The molecule has 0 aliphatic heterocycles. The number of carbonyl (C=O) groups is 1. The molecule has 2 aromatic rings. The average molecular weight is 359 g/mol. The molecule has 8 heteroatoms. The van der Waals surface area contributed by atoms with E-state index >= 15 is 0 Å². The van der Waals surface area contributed by atoms with Crippen molar-refractivity contribution in [3.8, 4) is 10.4 Å². The summed E-state index contributed by atoms with van der Waals surface area (Å²) in [4.78, 5) is 15.7. The lowest BCUT2D eigenvalue weighted by atomic mass is 10.2. The van der Waals surface area contributed by atoms with E-state index in [1.807, 2.05) is 6.92 Å². The van der Waals surface area contributed by atoms with Crippen molar-refractivity contribution >= 4 is 44.2 Å². The first-order chi connectivity index (χ1) is 10.3. The average Bonchev–Trinajstić information content (AvgIpc) is 2.79. The first-order valence-corrected chi connectivity index (χ1v) is 9.56. The highest BCUT2D eigenvalue weighted by atomic mass is 35.5. The van der Waals surface area contributed by atoms with E-state index in [-0.39, 0.29) is 9.92 Å². The Balaban J connectivity index is 2.38. The third-order valence-electron chi connectivity index (χ3n) is 2.93. The molecule has 0 unspecified atom stereocenters. The van der Waals surface area contributed by atoms with E-state index in [0.717, 1.165) is 28.7 Å². The molecular formula is C14H15ClN2O3S2. The van der Waals surface area contributed by atoms with Crippen molar-refractivity contribution in [1.29, 1.82) is 0 Å². The molecule has 1 heterocycles. The Morgan fingerprint density at radius 3 is 2.77 bits per heavy atom. The summed E-state index contributed by atoms with van der Waals surface area (Å²) in [5.41, 5.74) is 1.55. The van der Waals surface area contributed by atoms with Crippen LogP contribution in [0.3, 0.4) is 0 Å². The standard InChI is InChI=1S/C14H15ClN2O3S2/c1-9-13(21-14(17-9)16-6-3-7-18)10-4-5-11(15)12(8-10)22(2,19)20/h4-5,7-8H,3,6H2,1-2H3,(H,16,17). The molecule has 0 aliphatic rings. The molecule has 0 radical (unpaired) electrons. The topological polar surface area (TPSA) is 76.1 Å². The normalized spacial score (nSPS) is 11.4. The maximum atomic E-state index is 11.8. The van der Waals surface area contributed by atoms with Crippen LogP contribution in [0.1, 0.15) is 12.1 Å². The van der Waals surface area contributed by atoms with E-state index < -0.39 is 9.84 Å². The van der Waals surface area contributed by atoms with Gasteiger partial charge < -0.3 is 10.1 Å².